The number of nitrogens with one attached hydrogen (secondary N) is 2. The van der Waals surface area contributed by atoms with E-state index in [1.165, 1.54) is 0 Å². The molecule has 0 radical (unpaired) electrons. The van der Waals surface area contributed by atoms with Gasteiger partial charge in [0.25, 0.3) is 0 Å². The van der Waals surface area contributed by atoms with Crippen molar-refractivity contribution in [1.82, 2.24) is 24.7 Å². The van der Waals surface area contributed by atoms with E-state index in [1.54, 1.807) is 11.4 Å². The Hall–Kier alpha value is -3.76. The van der Waals surface area contributed by atoms with E-state index in [4.69, 9.17) is 9.26 Å². The molecule has 0 unspecified atom stereocenters. The quantitative estimate of drug-likeness (QED) is 0.370. The van der Waals surface area contributed by atoms with Crippen molar-refractivity contribution in [2.75, 3.05) is 18.5 Å². The van der Waals surface area contributed by atoms with E-state index in [9.17, 15) is 4.79 Å². The highest BCUT2D eigenvalue weighted by atomic mass is 16.5. The fraction of sp³-hybridized carbons (Fsp3) is 0.294. The van der Waals surface area contributed by atoms with E-state index in [0.717, 1.165) is 11.0 Å². The molecule has 0 spiro atoms. The number of rotatable bonds is 7. The molecule has 0 aliphatic heterocycles. The summed E-state index contributed by atoms with van der Waals surface area (Å²) in [7, 11) is 0. The number of carbonyl (C=O) groups excluding carboxylic acids is 1. The zero-order chi connectivity index (χ0) is 19.5. The molecule has 0 fully saturated rings. The Kier molecular flexibility index (Phi) is 4.70. The van der Waals surface area contributed by atoms with Gasteiger partial charge in [0.1, 0.15) is 6.54 Å². The molecule has 0 aliphatic rings. The first kappa shape index (κ1) is 17.6. The van der Waals surface area contributed by atoms with Crippen molar-refractivity contribution in [3.8, 4) is 0 Å². The molecule has 3 aromatic heterocycles. The lowest BCUT2D eigenvalue weighted by molar-refractivity contribution is -0.140. The number of benzene rings is 1. The number of para-hydroxylation sites is 2. The smallest absolute Gasteiger partial charge is 0.366 e. The van der Waals surface area contributed by atoms with Crippen LogP contribution in [0.3, 0.4) is 0 Å². The van der Waals surface area contributed by atoms with Crippen LogP contribution in [-0.4, -0.2) is 43.9 Å². The summed E-state index contributed by atoms with van der Waals surface area (Å²) in [6.07, 6.45) is 0.630. The Balaban J connectivity index is 1.73. The zero-order valence-electron chi connectivity index (χ0n) is 15.3. The largest absolute Gasteiger partial charge is 0.465 e. The number of hydrogen-bond acceptors (Lipinski definition) is 9. The molecule has 28 heavy (non-hydrogen) atoms. The zero-order valence-corrected chi connectivity index (χ0v) is 15.3. The predicted molar refractivity (Wildman–Crippen MR) is 100 cm³/mol. The molecule has 11 nitrogen and oxygen atoms in total. The lowest BCUT2D eigenvalue weighted by atomic mass is 10.3. The lowest BCUT2D eigenvalue weighted by Gasteiger charge is -2.03. The van der Waals surface area contributed by atoms with Crippen LogP contribution in [0.2, 0.25) is 0 Å². The van der Waals surface area contributed by atoms with Crippen molar-refractivity contribution in [2.24, 2.45) is 10.2 Å². The van der Waals surface area contributed by atoms with Gasteiger partial charge in [0.15, 0.2) is 23.0 Å². The molecule has 0 aliphatic carbocycles. The first-order valence-electron chi connectivity index (χ1n) is 8.82. The minimum atomic E-state index is -0.392. The van der Waals surface area contributed by atoms with Gasteiger partial charge in [0, 0.05) is 6.42 Å². The standard InChI is InChI=1S/C17H18N8O3/c1-3-12-20-17(28-24-12)22-21-14-15(18-9-13(26)27-4-2)23-25-11-8-6-5-7-10(11)19-16(14)25/h5-8,19H,3-4,9H2,1-2H3,(H,18,23)/b22-21+. The number of carbonyl (C=O) groups is 1. The molecule has 3 heterocycles. The Morgan fingerprint density at radius 3 is 2.96 bits per heavy atom. The van der Waals surface area contributed by atoms with Crippen LogP contribution in [0.25, 0.3) is 16.7 Å². The van der Waals surface area contributed by atoms with Crippen LogP contribution in [0, 0.1) is 0 Å². The SMILES string of the molecule is CCOC(=O)CNc1nn2c([nH]c3ccccc32)c1/N=N/c1nc(CC)no1. The van der Waals surface area contributed by atoms with Crippen LogP contribution in [0.4, 0.5) is 17.5 Å². The molecular weight excluding hydrogens is 364 g/mol. The highest BCUT2D eigenvalue weighted by molar-refractivity contribution is 5.89. The maximum absolute atomic E-state index is 11.7. The molecule has 2 N–H and O–H groups in total. The topological polar surface area (TPSA) is 135 Å². The van der Waals surface area contributed by atoms with Crippen LogP contribution >= 0.6 is 0 Å². The third kappa shape index (κ3) is 3.29. The number of aromatic amines is 1. The minimum Gasteiger partial charge on any atom is -0.465 e. The third-order valence-corrected chi connectivity index (χ3v) is 3.96. The summed E-state index contributed by atoms with van der Waals surface area (Å²) in [5.41, 5.74) is 2.79. The molecule has 0 saturated heterocycles. The maximum Gasteiger partial charge on any atom is 0.366 e. The molecule has 4 rings (SSSR count). The van der Waals surface area contributed by atoms with Crippen molar-refractivity contribution in [2.45, 2.75) is 20.3 Å². The minimum absolute atomic E-state index is 0.0450. The van der Waals surface area contributed by atoms with Crippen molar-refractivity contribution in [3.63, 3.8) is 0 Å². The molecule has 0 saturated carbocycles. The number of esters is 1. The second-order valence-corrected chi connectivity index (χ2v) is 5.81. The van der Waals surface area contributed by atoms with Crippen molar-refractivity contribution >= 4 is 40.2 Å². The van der Waals surface area contributed by atoms with Gasteiger partial charge in [-0.1, -0.05) is 29.3 Å². The van der Waals surface area contributed by atoms with Gasteiger partial charge in [-0.3, -0.25) is 4.79 Å². The van der Waals surface area contributed by atoms with Crippen molar-refractivity contribution in [3.05, 3.63) is 30.1 Å². The number of aryl methyl sites for hydroxylation is 1. The molecular formula is C17H18N8O3. The Morgan fingerprint density at radius 2 is 2.18 bits per heavy atom. The fourth-order valence-electron chi connectivity index (χ4n) is 2.69. The Morgan fingerprint density at radius 1 is 1.32 bits per heavy atom. The van der Waals surface area contributed by atoms with E-state index in [-0.39, 0.29) is 12.6 Å². The number of fused-ring (bicyclic) bond motifs is 3. The summed E-state index contributed by atoms with van der Waals surface area (Å²) in [5.74, 6) is 0.529. The highest BCUT2D eigenvalue weighted by Gasteiger charge is 2.18. The second kappa shape index (κ2) is 7.47. The van der Waals surface area contributed by atoms with Crippen molar-refractivity contribution in [1.29, 1.82) is 0 Å². The van der Waals surface area contributed by atoms with E-state index < -0.39 is 5.97 Å². The van der Waals surface area contributed by atoms with Crippen LogP contribution in [-0.2, 0) is 16.0 Å². The molecule has 0 amide bonds. The lowest BCUT2D eigenvalue weighted by Crippen LogP contribution is -2.17. The molecule has 0 bridgehead atoms. The van der Waals surface area contributed by atoms with Crippen LogP contribution in [0.1, 0.15) is 19.7 Å². The highest BCUT2D eigenvalue weighted by Crippen LogP contribution is 2.33. The van der Waals surface area contributed by atoms with Gasteiger partial charge in [0.2, 0.25) is 0 Å². The maximum atomic E-state index is 11.7. The summed E-state index contributed by atoms with van der Waals surface area (Å²) < 4.78 is 11.7. The summed E-state index contributed by atoms with van der Waals surface area (Å²) >= 11 is 0. The molecule has 4 aromatic rings. The van der Waals surface area contributed by atoms with Crippen LogP contribution in [0.15, 0.2) is 39.0 Å². The van der Waals surface area contributed by atoms with Crippen LogP contribution < -0.4 is 5.32 Å². The van der Waals surface area contributed by atoms with Gasteiger partial charge in [-0.25, -0.2) is 4.52 Å². The number of nitrogens with zero attached hydrogens (tertiary/aromatic N) is 6. The summed E-state index contributed by atoms with van der Waals surface area (Å²) in [6, 6.07) is 7.73. The number of anilines is 1. The van der Waals surface area contributed by atoms with Gasteiger partial charge in [-0.2, -0.15) is 4.98 Å². The first-order valence-corrected chi connectivity index (χ1v) is 8.82. The molecule has 11 heteroatoms. The third-order valence-electron chi connectivity index (χ3n) is 3.96. The van der Waals surface area contributed by atoms with E-state index in [1.807, 2.05) is 31.2 Å². The normalized spacial score (nSPS) is 11.6. The molecule has 144 valence electrons. The number of imidazole rings is 1. The summed E-state index contributed by atoms with van der Waals surface area (Å²) in [4.78, 5) is 19.1. The number of ether oxygens (including phenoxy) is 1. The summed E-state index contributed by atoms with van der Waals surface area (Å²) in [5, 5.41) is 19.5. The van der Waals surface area contributed by atoms with Gasteiger partial charge < -0.3 is 19.6 Å². The first-order chi connectivity index (χ1) is 13.7. The monoisotopic (exact) mass is 382 g/mol. The second-order valence-electron chi connectivity index (χ2n) is 5.81. The van der Waals surface area contributed by atoms with E-state index in [0.29, 0.717) is 36.0 Å². The fourth-order valence-corrected chi connectivity index (χ4v) is 2.69. The van der Waals surface area contributed by atoms with Gasteiger partial charge in [-0.15, -0.1) is 10.2 Å². The van der Waals surface area contributed by atoms with Gasteiger partial charge in [0.05, 0.1) is 17.6 Å². The average molecular weight is 382 g/mol. The average Bonchev–Trinajstić information content (AvgIpc) is 3.38. The predicted octanol–water partition coefficient (Wildman–Crippen LogP) is 3.15. The number of H-pyrrole nitrogens is 1. The van der Waals surface area contributed by atoms with Gasteiger partial charge in [-0.05, 0) is 19.1 Å². The number of hydrogen-bond donors (Lipinski definition) is 2. The Labute approximate surface area is 158 Å². The number of aromatic nitrogens is 5. The van der Waals surface area contributed by atoms with E-state index in [2.05, 4.69) is 35.8 Å². The Bertz CT molecular complexity index is 1160. The summed E-state index contributed by atoms with van der Waals surface area (Å²) in [6.45, 7) is 3.92. The van der Waals surface area contributed by atoms with E-state index >= 15 is 0 Å². The van der Waals surface area contributed by atoms with Crippen molar-refractivity contribution < 1.29 is 14.1 Å². The van der Waals surface area contributed by atoms with Gasteiger partial charge >= 0.3 is 12.0 Å². The molecule has 0 atom stereocenters. The van der Waals surface area contributed by atoms with Crippen LogP contribution in [0.5, 0.6) is 0 Å². The molecule has 1 aromatic carbocycles. The number of azo groups is 1.